The van der Waals surface area contributed by atoms with Gasteiger partial charge >= 0.3 is 0 Å². The van der Waals surface area contributed by atoms with Gasteiger partial charge in [-0.25, -0.2) is 0 Å². The van der Waals surface area contributed by atoms with Gasteiger partial charge in [-0.05, 0) is 40.0 Å². The second kappa shape index (κ2) is 8.31. The van der Waals surface area contributed by atoms with Gasteiger partial charge in [0.25, 0.3) is 0 Å². The monoisotopic (exact) mass is 299 g/mol. The Balaban J connectivity index is 2.32. The van der Waals surface area contributed by atoms with Gasteiger partial charge in [0, 0.05) is 26.2 Å². The number of carbonyl (C=O) groups excluding carboxylic acids is 2. The molecule has 0 aromatic heterocycles. The van der Waals surface area contributed by atoms with E-state index in [9.17, 15) is 9.59 Å². The third-order valence-electron chi connectivity index (χ3n) is 4.21. The zero-order chi connectivity index (χ0) is 16.0. The molecule has 0 saturated carbocycles. The fourth-order valence-electron chi connectivity index (χ4n) is 2.62. The van der Waals surface area contributed by atoms with Crippen molar-refractivity contribution in [1.29, 1.82) is 0 Å². The predicted octanol–water partition coefficient (Wildman–Crippen LogP) is -1.33. The van der Waals surface area contributed by atoms with Gasteiger partial charge < -0.3 is 26.2 Å². The summed E-state index contributed by atoms with van der Waals surface area (Å²) in [7, 11) is 5.95. The minimum Gasteiger partial charge on any atom is -0.370 e. The molecule has 0 spiro atoms. The molecule has 1 unspecified atom stereocenters. The summed E-state index contributed by atoms with van der Waals surface area (Å²) in [6, 6.07) is -0.259. The van der Waals surface area contributed by atoms with Crippen LogP contribution in [0.1, 0.15) is 19.3 Å². The van der Waals surface area contributed by atoms with Gasteiger partial charge in [-0.1, -0.05) is 0 Å². The third kappa shape index (κ3) is 5.99. The van der Waals surface area contributed by atoms with Gasteiger partial charge in [-0.2, -0.15) is 0 Å². The SMILES string of the molecule is CN1CCC(N(C)CCN(C)C(=O)C(N)CC(N)=O)CC1. The molecule has 1 rings (SSSR count). The van der Waals surface area contributed by atoms with Crippen molar-refractivity contribution in [3.63, 3.8) is 0 Å². The highest BCUT2D eigenvalue weighted by atomic mass is 16.2. The van der Waals surface area contributed by atoms with Gasteiger partial charge in [-0.3, -0.25) is 9.59 Å². The Kier molecular flexibility index (Phi) is 7.07. The van der Waals surface area contributed by atoms with Crippen LogP contribution in [0.4, 0.5) is 0 Å². The largest absolute Gasteiger partial charge is 0.370 e. The van der Waals surface area contributed by atoms with Crippen LogP contribution >= 0.6 is 0 Å². The Morgan fingerprint density at radius 1 is 1.24 bits per heavy atom. The molecule has 0 aliphatic carbocycles. The summed E-state index contributed by atoms with van der Waals surface area (Å²) >= 11 is 0. The number of amides is 2. The van der Waals surface area contributed by atoms with Gasteiger partial charge in [0.1, 0.15) is 0 Å². The smallest absolute Gasteiger partial charge is 0.239 e. The molecule has 1 atom stereocenters. The van der Waals surface area contributed by atoms with Crippen LogP contribution in [0.3, 0.4) is 0 Å². The van der Waals surface area contributed by atoms with Crippen molar-refractivity contribution in [2.24, 2.45) is 11.5 Å². The lowest BCUT2D eigenvalue weighted by Crippen LogP contribution is -2.48. The molecule has 1 heterocycles. The van der Waals surface area contributed by atoms with Gasteiger partial charge in [0.05, 0.1) is 12.5 Å². The first-order chi connectivity index (χ1) is 9.81. The fraction of sp³-hybridized carbons (Fsp3) is 0.857. The average Bonchev–Trinajstić information content (AvgIpc) is 2.43. The first-order valence-electron chi connectivity index (χ1n) is 7.49. The van der Waals surface area contributed by atoms with E-state index in [-0.39, 0.29) is 12.3 Å². The van der Waals surface area contributed by atoms with E-state index in [1.54, 1.807) is 11.9 Å². The van der Waals surface area contributed by atoms with Crippen LogP contribution in [0.5, 0.6) is 0 Å². The number of nitrogens with two attached hydrogens (primary N) is 2. The molecule has 1 saturated heterocycles. The Hall–Kier alpha value is -1.18. The molecule has 0 bridgehead atoms. The molecule has 7 heteroatoms. The Bertz CT molecular complexity index is 355. The zero-order valence-electron chi connectivity index (χ0n) is 13.4. The number of carbonyl (C=O) groups is 2. The molecular weight excluding hydrogens is 270 g/mol. The van der Waals surface area contributed by atoms with E-state index < -0.39 is 11.9 Å². The van der Waals surface area contributed by atoms with Gasteiger partial charge in [0.15, 0.2) is 0 Å². The molecule has 0 aromatic carbocycles. The van der Waals surface area contributed by atoms with Crippen LogP contribution in [0.2, 0.25) is 0 Å². The number of primary amides is 1. The molecule has 122 valence electrons. The Morgan fingerprint density at radius 3 is 2.33 bits per heavy atom. The topological polar surface area (TPSA) is 95.9 Å². The first kappa shape index (κ1) is 17.9. The van der Waals surface area contributed by atoms with Crippen molar-refractivity contribution >= 4 is 11.8 Å². The fourth-order valence-corrected chi connectivity index (χ4v) is 2.62. The molecule has 1 aliphatic heterocycles. The van der Waals surface area contributed by atoms with Crippen LogP contribution in [0, 0.1) is 0 Å². The number of piperidine rings is 1. The standard InChI is InChI=1S/C14H29N5O2/c1-17-6-4-11(5-7-17)18(2)8-9-19(3)14(21)12(15)10-13(16)20/h11-12H,4-10,15H2,1-3H3,(H2,16,20). The summed E-state index contributed by atoms with van der Waals surface area (Å²) in [5.41, 5.74) is 10.7. The van der Waals surface area contributed by atoms with Crippen LogP contribution in [0.15, 0.2) is 0 Å². The van der Waals surface area contributed by atoms with Crippen LogP contribution < -0.4 is 11.5 Å². The van der Waals surface area contributed by atoms with Crippen LogP contribution in [0.25, 0.3) is 0 Å². The second-order valence-corrected chi connectivity index (χ2v) is 6.05. The van der Waals surface area contributed by atoms with Crippen molar-refractivity contribution < 1.29 is 9.59 Å². The summed E-state index contributed by atoms with van der Waals surface area (Å²) in [6.07, 6.45) is 2.21. The zero-order valence-corrected chi connectivity index (χ0v) is 13.4. The van der Waals surface area contributed by atoms with E-state index >= 15 is 0 Å². The van der Waals surface area contributed by atoms with Crippen molar-refractivity contribution in [3.8, 4) is 0 Å². The summed E-state index contributed by atoms with van der Waals surface area (Å²) in [5.74, 6) is -0.779. The van der Waals surface area contributed by atoms with Gasteiger partial charge in [0.2, 0.25) is 11.8 Å². The highest BCUT2D eigenvalue weighted by Crippen LogP contribution is 2.13. The number of rotatable bonds is 7. The number of likely N-dealkylation sites (N-methyl/N-ethyl adjacent to an activating group) is 2. The van der Waals surface area contributed by atoms with Crippen molar-refractivity contribution in [2.75, 3.05) is 47.3 Å². The van der Waals surface area contributed by atoms with Crippen LogP contribution in [-0.2, 0) is 9.59 Å². The molecule has 1 fully saturated rings. The number of hydrogen-bond donors (Lipinski definition) is 2. The maximum atomic E-state index is 12.0. The molecule has 1 aliphatic rings. The second-order valence-electron chi connectivity index (χ2n) is 6.05. The molecule has 0 radical (unpaired) electrons. The minimum atomic E-state index is -0.832. The van der Waals surface area contributed by atoms with Crippen molar-refractivity contribution in [2.45, 2.75) is 31.3 Å². The normalized spacial score (nSPS) is 18.7. The highest BCUT2D eigenvalue weighted by Gasteiger charge is 2.23. The first-order valence-corrected chi connectivity index (χ1v) is 7.49. The molecule has 4 N–H and O–H groups in total. The molecular formula is C14H29N5O2. The summed E-state index contributed by atoms with van der Waals surface area (Å²) in [5, 5.41) is 0. The maximum absolute atomic E-state index is 12.0. The van der Waals surface area contributed by atoms with Gasteiger partial charge in [-0.15, -0.1) is 0 Å². The number of nitrogens with zero attached hydrogens (tertiary/aromatic N) is 3. The molecule has 21 heavy (non-hydrogen) atoms. The van der Waals surface area contributed by atoms with E-state index in [0.717, 1.165) is 32.5 Å². The van der Waals surface area contributed by atoms with E-state index in [1.165, 1.54) is 0 Å². The van der Waals surface area contributed by atoms with E-state index in [2.05, 4.69) is 23.9 Å². The quantitative estimate of drug-likeness (QED) is 0.607. The number of hydrogen-bond acceptors (Lipinski definition) is 5. The average molecular weight is 299 g/mol. The lowest BCUT2D eigenvalue weighted by atomic mass is 10.0. The van der Waals surface area contributed by atoms with E-state index in [0.29, 0.717) is 12.6 Å². The predicted molar refractivity (Wildman–Crippen MR) is 82.6 cm³/mol. The minimum absolute atomic E-state index is 0.103. The summed E-state index contributed by atoms with van der Waals surface area (Å²) in [4.78, 5) is 29.0. The Morgan fingerprint density at radius 2 is 1.81 bits per heavy atom. The lowest BCUT2D eigenvalue weighted by Gasteiger charge is -2.36. The highest BCUT2D eigenvalue weighted by molar-refractivity contribution is 5.87. The molecule has 0 aromatic rings. The number of likely N-dealkylation sites (tertiary alicyclic amines) is 1. The van der Waals surface area contributed by atoms with E-state index in [1.807, 2.05) is 0 Å². The Labute approximate surface area is 127 Å². The lowest BCUT2D eigenvalue weighted by molar-refractivity contribution is -0.133. The van der Waals surface area contributed by atoms with E-state index in [4.69, 9.17) is 11.5 Å². The maximum Gasteiger partial charge on any atom is 0.239 e. The molecule has 7 nitrogen and oxygen atoms in total. The molecule has 2 amide bonds. The summed E-state index contributed by atoms with van der Waals surface area (Å²) < 4.78 is 0. The van der Waals surface area contributed by atoms with Crippen molar-refractivity contribution in [1.82, 2.24) is 14.7 Å². The van der Waals surface area contributed by atoms with Crippen molar-refractivity contribution in [3.05, 3.63) is 0 Å². The van der Waals surface area contributed by atoms with Crippen LogP contribution in [-0.4, -0.2) is 85.9 Å². The third-order valence-corrected chi connectivity index (χ3v) is 4.21. The summed E-state index contributed by atoms with van der Waals surface area (Å²) in [6.45, 7) is 3.65.